The van der Waals surface area contributed by atoms with Gasteiger partial charge in [0.2, 0.25) is 0 Å². The van der Waals surface area contributed by atoms with Crippen LogP contribution in [0.1, 0.15) is 107 Å². The summed E-state index contributed by atoms with van der Waals surface area (Å²) in [5, 5.41) is 16.0. The first-order chi connectivity index (χ1) is 15.0. The summed E-state index contributed by atoms with van der Waals surface area (Å²) < 4.78 is 0. The molecule has 0 rings (SSSR count). The summed E-state index contributed by atoms with van der Waals surface area (Å²) in [5.41, 5.74) is 5.82. The number of nitrogens with two attached hydrogens (primary N) is 1. The SMILES string of the molecule is CC(C)C(=O)O.CC(C)C(=O)O.CCCCC(CC)CN(CCN)CC(CC)CCCC. The van der Waals surface area contributed by atoms with E-state index in [9.17, 15) is 9.59 Å². The van der Waals surface area contributed by atoms with E-state index >= 15 is 0 Å². The lowest BCUT2D eigenvalue weighted by atomic mass is 9.95. The second-order valence-electron chi connectivity index (χ2n) is 9.37. The Hall–Kier alpha value is -1.14. The molecule has 194 valence electrons. The molecule has 32 heavy (non-hydrogen) atoms. The van der Waals surface area contributed by atoms with Crippen molar-refractivity contribution in [3.05, 3.63) is 0 Å². The van der Waals surface area contributed by atoms with Crippen LogP contribution in [0.5, 0.6) is 0 Å². The van der Waals surface area contributed by atoms with Crippen LogP contribution in [0.4, 0.5) is 0 Å². The molecular formula is C26H56N2O4. The minimum atomic E-state index is -0.741. The first-order valence-electron chi connectivity index (χ1n) is 12.9. The van der Waals surface area contributed by atoms with Crippen molar-refractivity contribution < 1.29 is 19.8 Å². The minimum absolute atomic E-state index is 0.231. The molecule has 0 aromatic rings. The van der Waals surface area contributed by atoms with E-state index in [1.54, 1.807) is 27.7 Å². The number of carbonyl (C=O) groups is 2. The molecule has 0 bridgehead atoms. The third kappa shape index (κ3) is 25.1. The molecule has 0 heterocycles. The third-order valence-electron chi connectivity index (χ3n) is 5.55. The van der Waals surface area contributed by atoms with Gasteiger partial charge in [-0.05, 0) is 24.7 Å². The first kappa shape index (κ1) is 35.4. The smallest absolute Gasteiger partial charge is 0.305 e. The van der Waals surface area contributed by atoms with Gasteiger partial charge in [0.1, 0.15) is 0 Å². The van der Waals surface area contributed by atoms with Gasteiger partial charge in [0.05, 0.1) is 11.8 Å². The van der Waals surface area contributed by atoms with Crippen LogP contribution in [0.3, 0.4) is 0 Å². The lowest BCUT2D eigenvalue weighted by Crippen LogP contribution is -2.37. The molecule has 6 heteroatoms. The van der Waals surface area contributed by atoms with Crippen molar-refractivity contribution in [1.29, 1.82) is 0 Å². The van der Waals surface area contributed by atoms with Crippen LogP contribution in [-0.2, 0) is 9.59 Å². The standard InChI is InChI=1S/C18H40N2.2C4H8O2/c1-5-9-11-17(7-3)15-20(14-13-19)16-18(8-4)12-10-6-2;2*1-3(2)4(5)6/h17-18H,5-16,19H2,1-4H3;2*3H,1-2H3,(H,5,6). The average molecular weight is 461 g/mol. The second kappa shape index (κ2) is 24.5. The molecular weight excluding hydrogens is 404 g/mol. The van der Waals surface area contributed by atoms with E-state index in [1.807, 2.05) is 0 Å². The Labute approximate surface area is 199 Å². The Morgan fingerprint density at radius 3 is 1.25 bits per heavy atom. The topological polar surface area (TPSA) is 104 Å². The predicted molar refractivity (Wildman–Crippen MR) is 137 cm³/mol. The van der Waals surface area contributed by atoms with Gasteiger partial charge in [-0.1, -0.05) is 93.9 Å². The minimum Gasteiger partial charge on any atom is -0.481 e. The number of aliphatic carboxylic acids is 2. The Morgan fingerprint density at radius 2 is 1.06 bits per heavy atom. The van der Waals surface area contributed by atoms with Gasteiger partial charge in [-0.15, -0.1) is 0 Å². The van der Waals surface area contributed by atoms with Gasteiger partial charge in [0, 0.05) is 26.2 Å². The van der Waals surface area contributed by atoms with E-state index < -0.39 is 11.9 Å². The van der Waals surface area contributed by atoms with Crippen molar-refractivity contribution in [3.63, 3.8) is 0 Å². The lowest BCUT2D eigenvalue weighted by Gasteiger charge is -2.30. The molecule has 0 aliphatic rings. The highest BCUT2D eigenvalue weighted by Crippen LogP contribution is 2.18. The largest absolute Gasteiger partial charge is 0.481 e. The van der Waals surface area contributed by atoms with Crippen LogP contribution in [0.15, 0.2) is 0 Å². The number of nitrogens with zero attached hydrogens (tertiary/aromatic N) is 1. The lowest BCUT2D eigenvalue weighted by molar-refractivity contribution is -0.141. The fourth-order valence-electron chi connectivity index (χ4n) is 3.00. The monoisotopic (exact) mass is 460 g/mol. The van der Waals surface area contributed by atoms with Crippen molar-refractivity contribution in [1.82, 2.24) is 4.90 Å². The van der Waals surface area contributed by atoms with Gasteiger partial charge in [-0.3, -0.25) is 9.59 Å². The predicted octanol–water partition coefficient (Wildman–Crippen LogP) is 6.13. The molecule has 0 amide bonds. The van der Waals surface area contributed by atoms with Crippen molar-refractivity contribution in [2.45, 2.75) is 107 Å². The molecule has 0 saturated carbocycles. The number of carboxylic acids is 2. The molecule has 0 aliphatic carbocycles. The molecule has 2 unspecified atom stereocenters. The van der Waals surface area contributed by atoms with Gasteiger partial charge < -0.3 is 20.8 Å². The zero-order chi connectivity index (χ0) is 25.5. The maximum absolute atomic E-state index is 9.70. The van der Waals surface area contributed by atoms with E-state index in [0.717, 1.165) is 24.9 Å². The van der Waals surface area contributed by atoms with Crippen molar-refractivity contribution in [2.75, 3.05) is 26.2 Å². The van der Waals surface area contributed by atoms with E-state index in [0.29, 0.717) is 0 Å². The molecule has 0 fully saturated rings. The number of hydrogen-bond donors (Lipinski definition) is 3. The quantitative estimate of drug-likeness (QED) is 0.256. The summed E-state index contributed by atoms with van der Waals surface area (Å²) in [6.45, 7) is 20.2. The highest BCUT2D eigenvalue weighted by Gasteiger charge is 2.16. The highest BCUT2D eigenvalue weighted by molar-refractivity contribution is 5.69. The fourth-order valence-corrected chi connectivity index (χ4v) is 3.00. The molecule has 0 saturated heterocycles. The number of rotatable bonds is 16. The van der Waals surface area contributed by atoms with Crippen LogP contribution in [0.2, 0.25) is 0 Å². The molecule has 0 aromatic carbocycles. The van der Waals surface area contributed by atoms with Crippen molar-refractivity contribution in [2.24, 2.45) is 29.4 Å². The van der Waals surface area contributed by atoms with E-state index in [1.165, 1.54) is 64.5 Å². The normalized spacial score (nSPS) is 12.6. The van der Waals surface area contributed by atoms with Crippen LogP contribution in [0, 0.1) is 23.7 Å². The summed E-state index contributed by atoms with van der Waals surface area (Å²) in [6.07, 6.45) is 10.8. The molecule has 0 spiro atoms. The maximum Gasteiger partial charge on any atom is 0.305 e. The summed E-state index contributed by atoms with van der Waals surface area (Å²) in [5.74, 6) is -0.213. The summed E-state index contributed by atoms with van der Waals surface area (Å²) in [6, 6.07) is 0. The van der Waals surface area contributed by atoms with E-state index in [-0.39, 0.29) is 11.8 Å². The Kier molecular flexibility index (Phi) is 27.1. The molecule has 0 aromatic heterocycles. The molecule has 6 nitrogen and oxygen atoms in total. The fraction of sp³-hybridized carbons (Fsp3) is 0.923. The molecule has 4 N–H and O–H groups in total. The van der Waals surface area contributed by atoms with E-state index in [4.69, 9.17) is 15.9 Å². The molecule has 0 radical (unpaired) electrons. The van der Waals surface area contributed by atoms with Crippen LogP contribution < -0.4 is 5.73 Å². The summed E-state index contributed by atoms with van der Waals surface area (Å²) >= 11 is 0. The first-order valence-corrected chi connectivity index (χ1v) is 12.9. The summed E-state index contributed by atoms with van der Waals surface area (Å²) in [4.78, 5) is 22.0. The number of carboxylic acid groups (broad SMARTS) is 2. The Balaban J connectivity index is -0.000000571. The average Bonchev–Trinajstić information content (AvgIpc) is 2.74. The van der Waals surface area contributed by atoms with Crippen molar-refractivity contribution >= 4 is 11.9 Å². The molecule has 2 atom stereocenters. The summed E-state index contributed by atoms with van der Waals surface area (Å²) in [7, 11) is 0. The number of hydrogen-bond acceptors (Lipinski definition) is 4. The van der Waals surface area contributed by atoms with Gasteiger partial charge >= 0.3 is 11.9 Å². The van der Waals surface area contributed by atoms with E-state index in [2.05, 4.69) is 32.6 Å². The maximum atomic E-state index is 9.70. The Bertz CT molecular complexity index is 392. The Morgan fingerprint density at radius 1 is 0.750 bits per heavy atom. The van der Waals surface area contributed by atoms with Gasteiger partial charge in [-0.25, -0.2) is 0 Å². The number of unbranched alkanes of at least 4 members (excludes halogenated alkanes) is 2. The van der Waals surface area contributed by atoms with Crippen LogP contribution in [-0.4, -0.2) is 53.2 Å². The molecule has 0 aliphatic heterocycles. The van der Waals surface area contributed by atoms with Gasteiger partial charge in [-0.2, -0.15) is 0 Å². The highest BCUT2D eigenvalue weighted by atomic mass is 16.4. The second-order valence-corrected chi connectivity index (χ2v) is 9.37. The van der Waals surface area contributed by atoms with Crippen LogP contribution in [0.25, 0.3) is 0 Å². The third-order valence-corrected chi connectivity index (χ3v) is 5.55. The zero-order valence-corrected chi connectivity index (χ0v) is 22.5. The van der Waals surface area contributed by atoms with Crippen molar-refractivity contribution in [3.8, 4) is 0 Å². The van der Waals surface area contributed by atoms with Gasteiger partial charge in [0.15, 0.2) is 0 Å². The van der Waals surface area contributed by atoms with Crippen LogP contribution >= 0.6 is 0 Å². The van der Waals surface area contributed by atoms with Gasteiger partial charge in [0.25, 0.3) is 0 Å². The zero-order valence-electron chi connectivity index (χ0n) is 22.5.